The van der Waals surface area contributed by atoms with Crippen LogP contribution in [0, 0.1) is 22.7 Å². The number of hydrogen-bond acceptors (Lipinski definition) is 0. The molecule has 0 heterocycles. The summed E-state index contributed by atoms with van der Waals surface area (Å²) in [4.78, 5) is 0. The van der Waals surface area contributed by atoms with Crippen LogP contribution in [0.3, 0.4) is 0 Å². The third kappa shape index (κ3) is 1.66. The van der Waals surface area contributed by atoms with Crippen LogP contribution in [0.25, 0.3) is 0 Å². The van der Waals surface area contributed by atoms with E-state index >= 15 is 0 Å². The van der Waals surface area contributed by atoms with E-state index < -0.39 is 0 Å². The second-order valence-electron chi connectivity index (χ2n) is 8.72. The van der Waals surface area contributed by atoms with Gasteiger partial charge in [0.05, 0.1) is 0 Å². The van der Waals surface area contributed by atoms with Gasteiger partial charge in [-0.25, -0.2) is 0 Å². The highest BCUT2D eigenvalue weighted by molar-refractivity contribution is 5.35. The van der Waals surface area contributed by atoms with E-state index in [9.17, 15) is 0 Å². The van der Waals surface area contributed by atoms with Crippen molar-refractivity contribution in [1.29, 1.82) is 0 Å². The average Bonchev–Trinajstić information content (AvgIpc) is 2.74. The molecule has 0 spiro atoms. The molecule has 20 heavy (non-hydrogen) atoms. The molecule has 110 valence electrons. The molecule has 0 bridgehead atoms. The van der Waals surface area contributed by atoms with E-state index in [-0.39, 0.29) is 0 Å². The Morgan fingerprint density at radius 1 is 1.00 bits per heavy atom. The minimum Gasteiger partial charge on any atom is -0.0848 e. The standard InChI is InChI=1S/C20H30/c1-19(2)13-11-16-15-8-7-14-6-4-5-12-20(14,3)18(15)10-9-17(16)19/h6,15,18H,4-5,7-13H2,1-3H3/t15-,18-,20-/m0/s1. The fourth-order valence-electron chi connectivity index (χ4n) is 6.24. The molecule has 0 heteroatoms. The third-order valence-electron chi connectivity index (χ3n) is 7.43. The van der Waals surface area contributed by atoms with E-state index in [1.165, 1.54) is 57.8 Å². The van der Waals surface area contributed by atoms with Gasteiger partial charge in [0, 0.05) is 0 Å². The monoisotopic (exact) mass is 270 g/mol. The molecule has 1 fully saturated rings. The Bertz CT molecular complexity index is 490. The topological polar surface area (TPSA) is 0 Å². The van der Waals surface area contributed by atoms with Crippen LogP contribution in [0.15, 0.2) is 22.8 Å². The van der Waals surface area contributed by atoms with E-state index in [0.717, 1.165) is 11.8 Å². The van der Waals surface area contributed by atoms with Crippen LogP contribution in [-0.2, 0) is 0 Å². The van der Waals surface area contributed by atoms with Crippen LogP contribution in [-0.4, -0.2) is 0 Å². The van der Waals surface area contributed by atoms with Crippen LogP contribution in [0.2, 0.25) is 0 Å². The Labute approximate surface area is 124 Å². The molecular formula is C20H30. The first-order valence-electron chi connectivity index (χ1n) is 8.94. The largest absolute Gasteiger partial charge is 0.0848 e. The van der Waals surface area contributed by atoms with Crippen molar-refractivity contribution < 1.29 is 0 Å². The van der Waals surface area contributed by atoms with Gasteiger partial charge in [0.15, 0.2) is 0 Å². The molecule has 3 atom stereocenters. The third-order valence-corrected chi connectivity index (χ3v) is 7.43. The van der Waals surface area contributed by atoms with Gasteiger partial charge < -0.3 is 0 Å². The molecule has 0 aromatic rings. The summed E-state index contributed by atoms with van der Waals surface area (Å²) in [6.07, 6.45) is 15.4. The molecule has 1 saturated carbocycles. The maximum atomic E-state index is 2.61. The molecule has 0 aromatic carbocycles. The van der Waals surface area contributed by atoms with Crippen molar-refractivity contribution in [1.82, 2.24) is 0 Å². The lowest BCUT2D eigenvalue weighted by molar-refractivity contribution is 0.0947. The lowest BCUT2D eigenvalue weighted by Gasteiger charge is -2.53. The molecule has 0 N–H and O–H groups in total. The van der Waals surface area contributed by atoms with Crippen molar-refractivity contribution in [3.8, 4) is 0 Å². The second kappa shape index (κ2) is 4.24. The summed E-state index contributed by atoms with van der Waals surface area (Å²) >= 11 is 0. The lowest BCUT2D eigenvalue weighted by Crippen LogP contribution is -2.42. The molecule has 4 aliphatic rings. The maximum Gasteiger partial charge on any atom is -0.00822 e. The Hall–Kier alpha value is -0.520. The van der Waals surface area contributed by atoms with Crippen molar-refractivity contribution >= 4 is 0 Å². The normalized spacial score (nSPS) is 42.6. The minimum absolute atomic E-state index is 0.518. The quantitative estimate of drug-likeness (QED) is 0.471. The zero-order valence-corrected chi connectivity index (χ0v) is 13.6. The summed E-state index contributed by atoms with van der Waals surface area (Å²) in [6, 6.07) is 0. The van der Waals surface area contributed by atoms with Crippen molar-refractivity contribution in [2.45, 2.75) is 78.6 Å². The number of rotatable bonds is 0. The summed E-state index contributed by atoms with van der Waals surface area (Å²) in [5.41, 5.74) is 6.73. The molecule has 0 nitrogen and oxygen atoms in total. The summed E-state index contributed by atoms with van der Waals surface area (Å²) < 4.78 is 0. The van der Waals surface area contributed by atoms with Gasteiger partial charge in [0.2, 0.25) is 0 Å². The molecular weight excluding hydrogens is 240 g/mol. The van der Waals surface area contributed by atoms with Gasteiger partial charge in [-0.1, -0.05) is 43.6 Å². The van der Waals surface area contributed by atoms with Crippen LogP contribution >= 0.6 is 0 Å². The van der Waals surface area contributed by atoms with Crippen LogP contribution < -0.4 is 0 Å². The number of hydrogen-bond donors (Lipinski definition) is 0. The van der Waals surface area contributed by atoms with Crippen LogP contribution in [0.1, 0.15) is 78.6 Å². The lowest BCUT2D eigenvalue weighted by atomic mass is 9.52. The Balaban J connectivity index is 1.73. The van der Waals surface area contributed by atoms with Gasteiger partial charge in [-0.05, 0) is 80.5 Å². The zero-order valence-electron chi connectivity index (χ0n) is 13.6. The highest BCUT2D eigenvalue weighted by atomic mass is 14.5. The first-order chi connectivity index (χ1) is 9.52. The predicted octanol–water partition coefficient (Wildman–Crippen LogP) is 6.04. The summed E-state index contributed by atoms with van der Waals surface area (Å²) in [5, 5.41) is 0. The first kappa shape index (κ1) is 13.2. The number of allylic oxidation sites excluding steroid dienone is 4. The average molecular weight is 270 g/mol. The van der Waals surface area contributed by atoms with E-state index in [1.807, 2.05) is 16.7 Å². The van der Waals surface area contributed by atoms with Gasteiger partial charge in [0.1, 0.15) is 0 Å². The first-order valence-corrected chi connectivity index (χ1v) is 8.94. The van der Waals surface area contributed by atoms with E-state index in [2.05, 4.69) is 26.8 Å². The summed E-state index contributed by atoms with van der Waals surface area (Å²) in [7, 11) is 0. The molecule has 0 radical (unpaired) electrons. The molecule has 4 aliphatic carbocycles. The van der Waals surface area contributed by atoms with E-state index in [0.29, 0.717) is 10.8 Å². The van der Waals surface area contributed by atoms with Gasteiger partial charge in [-0.2, -0.15) is 0 Å². The van der Waals surface area contributed by atoms with Crippen molar-refractivity contribution in [2.24, 2.45) is 22.7 Å². The van der Waals surface area contributed by atoms with Crippen molar-refractivity contribution in [3.05, 3.63) is 22.8 Å². The Morgan fingerprint density at radius 3 is 2.70 bits per heavy atom. The molecule has 4 rings (SSSR count). The molecule has 0 amide bonds. The molecule has 0 saturated heterocycles. The zero-order chi connectivity index (χ0) is 14.0. The van der Waals surface area contributed by atoms with Crippen molar-refractivity contribution in [2.75, 3.05) is 0 Å². The van der Waals surface area contributed by atoms with E-state index in [1.54, 1.807) is 0 Å². The molecule has 0 aromatic heterocycles. The van der Waals surface area contributed by atoms with Gasteiger partial charge in [0.25, 0.3) is 0 Å². The second-order valence-corrected chi connectivity index (χ2v) is 8.72. The predicted molar refractivity (Wildman–Crippen MR) is 85.5 cm³/mol. The van der Waals surface area contributed by atoms with Crippen LogP contribution in [0.4, 0.5) is 0 Å². The van der Waals surface area contributed by atoms with Gasteiger partial charge in [-0.3, -0.25) is 0 Å². The summed E-state index contributed by atoms with van der Waals surface area (Å²) in [6.45, 7) is 7.60. The Kier molecular flexibility index (Phi) is 2.79. The van der Waals surface area contributed by atoms with Crippen molar-refractivity contribution in [3.63, 3.8) is 0 Å². The fraction of sp³-hybridized carbons (Fsp3) is 0.800. The minimum atomic E-state index is 0.518. The Morgan fingerprint density at radius 2 is 1.85 bits per heavy atom. The SMILES string of the molecule is CC1(C)CCC2=C1CC[C@H]1[C@H]2CCC2=CCCC[C@@]21C. The molecule has 0 aliphatic heterocycles. The van der Waals surface area contributed by atoms with Gasteiger partial charge >= 0.3 is 0 Å². The van der Waals surface area contributed by atoms with Gasteiger partial charge in [-0.15, -0.1) is 0 Å². The maximum absolute atomic E-state index is 2.61. The van der Waals surface area contributed by atoms with Crippen LogP contribution in [0.5, 0.6) is 0 Å². The highest BCUT2D eigenvalue weighted by Gasteiger charge is 2.50. The number of fused-ring (bicyclic) bond motifs is 4. The van der Waals surface area contributed by atoms with E-state index in [4.69, 9.17) is 0 Å². The summed E-state index contributed by atoms with van der Waals surface area (Å²) in [5.74, 6) is 1.91. The smallest absolute Gasteiger partial charge is 0.00822 e. The molecule has 0 unspecified atom stereocenters. The highest BCUT2D eigenvalue weighted by Crippen LogP contribution is 2.62. The fourth-order valence-corrected chi connectivity index (χ4v) is 6.24.